The summed E-state index contributed by atoms with van der Waals surface area (Å²) < 4.78 is 107. The van der Waals surface area contributed by atoms with Gasteiger partial charge in [-0.2, -0.15) is 39.5 Å². The van der Waals surface area contributed by atoms with Gasteiger partial charge in [0.05, 0.1) is 17.9 Å². The first-order chi connectivity index (χ1) is 21.1. The number of likely N-dealkylation sites (tertiary alicyclic amines) is 1. The predicted molar refractivity (Wildman–Crippen MR) is 136 cm³/mol. The van der Waals surface area contributed by atoms with Crippen molar-refractivity contribution >= 4 is 17.9 Å². The fourth-order valence-corrected chi connectivity index (χ4v) is 4.02. The van der Waals surface area contributed by atoms with Crippen LogP contribution in [0.5, 0.6) is 5.88 Å². The zero-order valence-corrected chi connectivity index (χ0v) is 23.7. The lowest BCUT2D eigenvalue weighted by atomic mass is 9.79. The first-order valence-electron chi connectivity index (χ1n) is 12.8. The summed E-state index contributed by atoms with van der Waals surface area (Å²) in [5.74, 6) is -7.00. The number of hydrogen-bond donors (Lipinski definition) is 3. The fraction of sp³-hybridized carbons (Fsp3) is 0.500. The zero-order chi connectivity index (χ0) is 35.3. The predicted octanol–water partition coefficient (Wildman–Crippen LogP) is 4.74. The molecule has 4 heterocycles. The maximum Gasteiger partial charge on any atom is 0.490 e. The van der Waals surface area contributed by atoms with Gasteiger partial charge in [0.15, 0.2) is 0 Å². The van der Waals surface area contributed by atoms with Crippen LogP contribution in [0, 0.1) is 12.8 Å². The first kappa shape index (κ1) is 39.8. The zero-order valence-electron chi connectivity index (χ0n) is 23.7. The van der Waals surface area contributed by atoms with Gasteiger partial charge in [0.25, 0.3) is 0 Å². The van der Waals surface area contributed by atoms with Crippen LogP contribution in [0.3, 0.4) is 0 Å². The third-order valence-electron chi connectivity index (χ3n) is 6.00. The number of aryl methyl sites for hydroxylation is 1. The Hall–Kier alpha value is -4.20. The highest BCUT2D eigenvalue weighted by atomic mass is 19.4. The lowest BCUT2D eigenvalue weighted by Crippen LogP contribution is -2.64. The van der Waals surface area contributed by atoms with Crippen molar-refractivity contribution in [3.63, 3.8) is 0 Å². The van der Waals surface area contributed by atoms with Crippen LogP contribution in [-0.2, 0) is 25.7 Å². The molecule has 2 aliphatic rings. The van der Waals surface area contributed by atoms with Crippen LogP contribution in [0.25, 0.3) is 0 Å². The molecule has 2 fully saturated rings. The highest BCUT2D eigenvalue weighted by Gasteiger charge is 2.52. The summed E-state index contributed by atoms with van der Waals surface area (Å²) in [5, 5.41) is 21.4. The van der Waals surface area contributed by atoms with Gasteiger partial charge in [-0.15, -0.1) is 0 Å². The van der Waals surface area contributed by atoms with E-state index in [2.05, 4.69) is 27.0 Å². The van der Waals surface area contributed by atoms with Crippen molar-refractivity contribution in [3.05, 3.63) is 54.0 Å². The van der Waals surface area contributed by atoms with E-state index < -0.39 is 36.4 Å². The SMILES string of the molecule is Cc1cccc(CN2CC3(C2)OCCC3CCOc2ccccn2)n1.O=C(O)C(F)(F)F.O=C(O)C(F)(F)F.O=C(O)C(F)(F)F. The molecule has 2 saturated heterocycles. The summed E-state index contributed by atoms with van der Waals surface area (Å²) >= 11 is 0. The lowest BCUT2D eigenvalue weighted by Gasteiger charge is -2.50. The molecule has 0 aliphatic carbocycles. The Morgan fingerprint density at radius 1 is 0.891 bits per heavy atom. The van der Waals surface area contributed by atoms with Gasteiger partial charge in [0.1, 0.15) is 0 Å². The Morgan fingerprint density at radius 3 is 1.85 bits per heavy atom. The molecule has 1 spiro atoms. The van der Waals surface area contributed by atoms with Crippen LogP contribution in [0.4, 0.5) is 39.5 Å². The lowest BCUT2D eigenvalue weighted by molar-refractivity contribution is -0.193. The Morgan fingerprint density at radius 2 is 1.41 bits per heavy atom. The summed E-state index contributed by atoms with van der Waals surface area (Å²) in [5.41, 5.74) is 2.24. The van der Waals surface area contributed by atoms with Crippen molar-refractivity contribution in [2.75, 3.05) is 26.3 Å². The minimum absolute atomic E-state index is 0.0251. The molecular weight excluding hydrogens is 653 g/mol. The molecule has 2 aliphatic heterocycles. The molecule has 0 aromatic carbocycles. The third kappa shape index (κ3) is 14.3. The fourth-order valence-electron chi connectivity index (χ4n) is 4.02. The van der Waals surface area contributed by atoms with Gasteiger partial charge >= 0.3 is 36.4 Å². The van der Waals surface area contributed by atoms with Crippen molar-refractivity contribution in [2.45, 2.75) is 50.4 Å². The Balaban J connectivity index is 0.000000413. The van der Waals surface area contributed by atoms with E-state index in [1.54, 1.807) is 6.20 Å². The van der Waals surface area contributed by atoms with Crippen molar-refractivity contribution in [2.24, 2.45) is 5.92 Å². The Labute approximate surface area is 254 Å². The van der Waals surface area contributed by atoms with Crippen molar-refractivity contribution in [1.29, 1.82) is 0 Å². The molecule has 1 atom stereocenters. The van der Waals surface area contributed by atoms with E-state index in [0.29, 0.717) is 18.4 Å². The van der Waals surface area contributed by atoms with E-state index in [0.717, 1.165) is 50.5 Å². The monoisotopic (exact) mass is 681 g/mol. The number of aliphatic carboxylic acids is 3. The molecule has 2 aromatic heterocycles. The molecule has 20 heteroatoms. The second-order valence-electron chi connectivity index (χ2n) is 9.53. The minimum Gasteiger partial charge on any atom is -0.478 e. The van der Waals surface area contributed by atoms with Gasteiger partial charge in [-0.1, -0.05) is 12.1 Å². The summed E-state index contributed by atoms with van der Waals surface area (Å²) in [4.78, 5) is 37.9. The Bertz CT molecular complexity index is 1210. The maximum absolute atomic E-state index is 10.6. The number of ether oxygens (including phenoxy) is 2. The van der Waals surface area contributed by atoms with Crippen LogP contribution in [0.15, 0.2) is 42.6 Å². The molecule has 46 heavy (non-hydrogen) atoms. The number of carboxylic acid groups (broad SMARTS) is 3. The minimum atomic E-state index is -5.08. The number of pyridine rings is 2. The number of alkyl halides is 9. The van der Waals surface area contributed by atoms with E-state index >= 15 is 0 Å². The molecule has 0 saturated carbocycles. The quantitative estimate of drug-likeness (QED) is 0.362. The smallest absolute Gasteiger partial charge is 0.478 e. The molecule has 0 bridgehead atoms. The van der Waals surface area contributed by atoms with Crippen LogP contribution in [0.1, 0.15) is 24.2 Å². The molecule has 4 rings (SSSR count). The van der Waals surface area contributed by atoms with Gasteiger partial charge in [0.2, 0.25) is 5.88 Å². The molecule has 2 aromatic rings. The van der Waals surface area contributed by atoms with Gasteiger partial charge in [-0.05, 0) is 43.9 Å². The van der Waals surface area contributed by atoms with Crippen LogP contribution < -0.4 is 4.74 Å². The average molecular weight is 682 g/mol. The molecule has 3 N–H and O–H groups in total. The molecule has 11 nitrogen and oxygen atoms in total. The summed E-state index contributed by atoms with van der Waals surface area (Å²) in [6.07, 6.45) is -11.3. The average Bonchev–Trinajstić information content (AvgIpc) is 3.32. The van der Waals surface area contributed by atoms with E-state index in [4.69, 9.17) is 39.2 Å². The largest absolute Gasteiger partial charge is 0.490 e. The number of rotatable bonds is 6. The number of carboxylic acids is 3. The van der Waals surface area contributed by atoms with Crippen LogP contribution in [0.2, 0.25) is 0 Å². The van der Waals surface area contributed by atoms with E-state index in [9.17, 15) is 39.5 Å². The maximum atomic E-state index is 10.6. The van der Waals surface area contributed by atoms with E-state index in [1.807, 2.05) is 31.2 Å². The molecule has 0 radical (unpaired) electrons. The number of hydrogen-bond acceptors (Lipinski definition) is 8. The van der Waals surface area contributed by atoms with Gasteiger partial charge < -0.3 is 24.8 Å². The Kier molecular flexibility index (Phi) is 14.6. The second-order valence-corrected chi connectivity index (χ2v) is 9.53. The first-order valence-corrected chi connectivity index (χ1v) is 12.8. The number of nitrogens with zero attached hydrogens (tertiary/aromatic N) is 3. The molecule has 0 amide bonds. The molecule has 1 unspecified atom stereocenters. The van der Waals surface area contributed by atoms with Gasteiger partial charge in [0, 0.05) is 44.2 Å². The number of carbonyl (C=O) groups is 3. The third-order valence-corrected chi connectivity index (χ3v) is 6.00. The molecular formula is C26H28F9N3O8. The van der Waals surface area contributed by atoms with Crippen molar-refractivity contribution in [3.8, 4) is 5.88 Å². The van der Waals surface area contributed by atoms with E-state index in [-0.39, 0.29) is 5.60 Å². The standard InChI is InChI=1S/C20H25N3O2.3C2HF3O2/c1-16-5-4-6-18(22-16)13-23-14-20(15-23)17(9-12-25-20)8-11-24-19-7-2-3-10-21-19;3*3-2(4,5)1(6)7/h2-7,10,17H,8-9,11-15H2,1H3;3*(H,6,7). The van der Waals surface area contributed by atoms with E-state index in [1.165, 1.54) is 0 Å². The second kappa shape index (κ2) is 16.9. The van der Waals surface area contributed by atoms with Gasteiger partial charge in [-0.3, -0.25) is 9.88 Å². The van der Waals surface area contributed by atoms with Crippen LogP contribution >= 0.6 is 0 Å². The van der Waals surface area contributed by atoms with Crippen molar-refractivity contribution in [1.82, 2.24) is 14.9 Å². The normalized spacial score (nSPS) is 17.1. The topological polar surface area (TPSA) is 159 Å². The highest BCUT2D eigenvalue weighted by molar-refractivity contribution is 5.73. The number of halogens is 9. The van der Waals surface area contributed by atoms with Gasteiger partial charge in [-0.25, -0.2) is 19.4 Å². The van der Waals surface area contributed by atoms with Crippen molar-refractivity contribution < 1.29 is 78.7 Å². The summed E-state index contributed by atoms with van der Waals surface area (Å²) in [6.45, 7) is 6.51. The number of aromatic nitrogens is 2. The molecule has 258 valence electrons. The summed E-state index contributed by atoms with van der Waals surface area (Å²) in [6, 6.07) is 12.0. The summed E-state index contributed by atoms with van der Waals surface area (Å²) in [7, 11) is 0. The van der Waals surface area contributed by atoms with Crippen LogP contribution in [-0.4, -0.2) is 98.5 Å². The highest BCUT2D eigenvalue weighted by Crippen LogP contribution is 2.42.